The lowest BCUT2D eigenvalue weighted by molar-refractivity contribution is -0.130. The minimum atomic E-state index is 0.339. The maximum atomic E-state index is 12.0. The van der Waals surface area contributed by atoms with Gasteiger partial charge in [-0.15, -0.1) is 0 Å². The lowest BCUT2D eigenvalue weighted by Gasteiger charge is -2.22. The van der Waals surface area contributed by atoms with Crippen molar-refractivity contribution >= 4 is 5.91 Å². The molecular weight excluding hydrogens is 212 g/mol. The number of hydrogen-bond donors (Lipinski definition) is 1. The molecule has 1 heterocycles. The molecule has 2 rings (SSSR count). The predicted octanol–water partition coefficient (Wildman–Crippen LogP) is 2.17. The summed E-state index contributed by atoms with van der Waals surface area (Å²) in [6, 6.07) is 0.537. The first-order valence-corrected chi connectivity index (χ1v) is 7.23. The summed E-state index contributed by atoms with van der Waals surface area (Å²) in [7, 11) is 1.96. The molecule has 0 bridgehead atoms. The number of carbonyl (C=O) groups excluding carboxylic acids is 1. The largest absolute Gasteiger partial charge is 0.344 e. The van der Waals surface area contributed by atoms with Crippen molar-refractivity contribution in [2.45, 2.75) is 57.4 Å². The van der Waals surface area contributed by atoms with Crippen LogP contribution in [0.1, 0.15) is 51.4 Å². The zero-order valence-electron chi connectivity index (χ0n) is 11.1. The van der Waals surface area contributed by atoms with Crippen LogP contribution in [0.4, 0.5) is 0 Å². The number of likely N-dealkylation sites (N-methyl/N-ethyl adjacent to an activating group) is 1. The van der Waals surface area contributed by atoms with Crippen LogP contribution in [0.2, 0.25) is 0 Å². The lowest BCUT2D eigenvalue weighted by atomic mass is 10.0. The van der Waals surface area contributed by atoms with E-state index in [-0.39, 0.29) is 0 Å². The fourth-order valence-electron chi connectivity index (χ4n) is 3.16. The molecule has 0 aromatic carbocycles. The zero-order valence-corrected chi connectivity index (χ0v) is 11.1. The smallest absolute Gasteiger partial charge is 0.222 e. The van der Waals surface area contributed by atoms with Crippen molar-refractivity contribution in [3.05, 3.63) is 0 Å². The van der Waals surface area contributed by atoms with Crippen molar-refractivity contribution in [3.8, 4) is 0 Å². The minimum absolute atomic E-state index is 0.339. The van der Waals surface area contributed by atoms with Gasteiger partial charge in [-0.25, -0.2) is 0 Å². The van der Waals surface area contributed by atoms with Gasteiger partial charge >= 0.3 is 0 Å². The van der Waals surface area contributed by atoms with Gasteiger partial charge in [-0.1, -0.05) is 25.7 Å². The summed E-state index contributed by atoms with van der Waals surface area (Å²) >= 11 is 0. The summed E-state index contributed by atoms with van der Waals surface area (Å²) in [6.07, 6.45) is 9.80. The van der Waals surface area contributed by atoms with E-state index in [2.05, 4.69) is 5.32 Å². The first-order valence-electron chi connectivity index (χ1n) is 7.23. The van der Waals surface area contributed by atoms with E-state index in [9.17, 15) is 4.79 Å². The fraction of sp³-hybridized carbons (Fsp3) is 0.929. The Morgan fingerprint density at radius 3 is 2.65 bits per heavy atom. The molecule has 1 unspecified atom stereocenters. The highest BCUT2D eigenvalue weighted by molar-refractivity contribution is 5.75. The van der Waals surface area contributed by atoms with Crippen LogP contribution >= 0.6 is 0 Å². The third-order valence-electron chi connectivity index (χ3n) is 4.32. The Kier molecular flexibility index (Phi) is 4.84. The van der Waals surface area contributed by atoms with Gasteiger partial charge in [0.1, 0.15) is 0 Å². The molecule has 1 saturated carbocycles. The summed E-state index contributed by atoms with van der Waals surface area (Å²) in [5.74, 6) is 1.17. The highest BCUT2D eigenvalue weighted by Gasteiger charge is 2.20. The van der Waals surface area contributed by atoms with Crippen LogP contribution in [0.3, 0.4) is 0 Å². The van der Waals surface area contributed by atoms with E-state index in [0.29, 0.717) is 11.9 Å². The minimum Gasteiger partial charge on any atom is -0.344 e. The maximum Gasteiger partial charge on any atom is 0.222 e. The number of nitrogens with zero attached hydrogens (tertiary/aromatic N) is 1. The van der Waals surface area contributed by atoms with E-state index in [1.165, 1.54) is 38.5 Å². The van der Waals surface area contributed by atoms with Crippen molar-refractivity contribution in [2.24, 2.45) is 5.92 Å². The third kappa shape index (κ3) is 3.98. The molecule has 2 fully saturated rings. The Balaban J connectivity index is 1.63. The maximum absolute atomic E-state index is 12.0. The molecule has 0 spiro atoms. The highest BCUT2D eigenvalue weighted by atomic mass is 16.2. The van der Waals surface area contributed by atoms with Crippen LogP contribution < -0.4 is 5.32 Å². The van der Waals surface area contributed by atoms with Crippen molar-refractivity contribution in [1.29, 1.82) is 0 Å². The summed E-state index contributed by atoms with van der Waals surface area (Å²) < 4.78 is 0. The van der Waals surface area contributed by atoms with Crippen LogP contribution in [-0.4, -0.2) is 37.0 Å². The molecule has 1 atom stereocenters. The molecule has 1 aliphatic heterocycles. The van der Waals surface area contributed by atoms with Gasteiger partial charge in [-0.3, -0.25) is 4.79 Å². The number of amides is 1. The summed E-state index contributed by atoms with van der Waals surface area (Å²) in [5, 5.41) is 3.45. The van der Waals surface area contributed by atoms with Gasteiger partial charge in [0.25, 0.3) is 0 Å². The summed E-state index contributed by atoms with van der Waals surface area (Å²) in [5.41, 5.74) is 0. The molecule has 3 heteroatoms. The number of rotatable bonds is 5. The van der Waals surface area contributed by atoms with Gasteiger partial charge in [-0.2, -0.15) is 0 Å². The normalized spacial score (nSPS) is 25.4. The van der Waals surface area contributed by atoms with Gasteiger partial charge in [0.05, 0.1) is 0 Å². The highest BCUT2D eigenvalue weighted by Crippen LogP contribution is 2.28. The SMILES string of the molecule is CN(CC1CCCN1)C(=O)CCC1CCCC1. The molecule has 17 heavy (non-hydrogen) atoms. The Bertz CT molecular complexity index is 243. The van der Waals surface area contributed by atoms with Crippen LogP contribution in [0.15, 0.2) is 0 Å². The molecule has 1 aliphatic carbocycles. The molecule has 0 radical (unpaired) electrons. The van der Waals surface area contributed by atoms with Crippen LogP contribution in [0, 0.1) is 5.92 Å². The number of hydrogen-bond acceptors (Lipinski definition) is 2. The average molecular weight is 238 g/mol. The predicted molar refractivity (Wildman–Crippen MR) is 69.9 cm³/mol. The monoisotopic (exact) mass is 238 g/mol. The number of nitrogens with one attached hydrogen (secondary N) is 1. The van der Waals surface area contributed by atoms with Crippen LogP contribution in [0.5, 0.6) is 0 Å². The van der Waals surface area contributed by atoms with Gasteiger partial charge in [-0.05, 0) is 31.7 Å². The molecule has 0 aromatic rings. The fourth-order valence-corrected chi connectivity index (χ4v) is 3.16. The van der Waals surface area contributed by atoms with E-state index in [4.69, 9.17) is 0 Å². The second-order valence-electron chi connectivity index (χ2n) is 5.76. The van der Waals surface area contributed by atoms with Crippen LogP contribution in [-0.2, 0) is 4.79 Å². The van der Waals surface area contributed by atoms with Crippen LogP contribution in [0.25, 0.3) is 0 Å². The standard InChI is InChI=1S/C14H26N2O/c1-16(11-13-7-4-10-15-13)14(17)9-8-12-5-2-3-6-12/h12-13,15H,2-11H2,1H3. The van der Waals surface area contributed by atoms with Crippen molar-refractivity contribution in [3.63, 3.8) is 0 Å². The molecule has 0 aromatic heterocycles. The Hall–Kier alpha value is -0.570. The molecule has 1 N–H and O–H groups in total. The molecular formula is C14H26N2O. The quantitative estimate of drug-likeness (QED) is 0.796. The van der Waals surface area contributed by atoms with E-state index in [1.54, 1.807) is 0 Å². The van der Waals surface area contributed by atoms with Gasteiger partial charge in [0.2, 0.25) is 5.91 Å². The van der Waals surface area contributed by atoms with Gasteiger partial charge in [0.15, 0.2) is 0 Å². The van der Waals surface area contributed by atoms with Gasteiger partial charge in [0, 0.05) is 26.1 Å². The van der Waals surface area contributed by atoms with E-state index in [1.807, 2.05) is 11.9 Å². The molecule has 1 saturated heterocycles. The average Bonchev–Trinajstić information content (AvgIpc) is 2.98. The van der Waals surface area contributed by atoms with Gasteiger partial charge < -0.3 is 10.2 Å². The Labute approximate surface area is 105 Å². The Morgan fingerprint density at radius 1 is 1.24 bits per heavy atom. The first-order chi connectivity index (χ1) is 8.25. The van der Waals surface area contributed by atoms with Crippen molar-refractivity contribution in [2.75, 3.05) is 20.1 Å². The van der Waals surface area contributed by atoms with E-state index in [0.717, 1.165) is 31.8 Å². The van der Waals surface area contributed by atoms with E-state index < -0.39 is 0 Å². The first kappa shape index (κ1) is 12.9. The lowest BCUT2D eigenvalue weighted by Crippen LogP contribution is -2.38. The summed E-state index contributed by atoms with van der Waals surface area (Å²) in [6.45, 7) is 2.01. The summed E-state index contributed by atoms with van der Waals surface area (Å²) in [4.78, 5) is 13.9. The second kappa shape index (κ2) is 6.39. The molecule has 3 nitrogen and oxygen atoms in total. The van der Waals surface area contributed by atoms with Crippen molar-refractivity contribution in [1.82, 2.24) is 10.2 Å². The zero-order chi connectivity index (χ0) is 12.1. The third-order valence-corrected chi connectivity index (χ3v) is 4.32. The molecule has 2 aliphatic rings. The number of carbonyl (C=O) groups is 1. The second-order valence-corrected chi connectivity index (χ2v) is 5.76. The topological polar surface area (TPSA) is 32.3 Å². The van der Waals surface area contributed by atoms with Crippen molar-refractivity contribution < 1.29 is 4.79 Å². The molecule has 1 amide bonds. The Morgan fingerprint density at radius 2 is 2.00 bits per heavy atom. The molecule has 98 valence electrons. The van der Waals surface area contributed by atoms with E-state index >= 15 is 0 Å².